The molecule has 0 aromatic heterocycles. The predicted octanol–water partition coefficient (Wildman–Crippen LogP) is 4.75. The van der Waals surface area contributed by atoms with Crippen LogP contribution in [-0.2, 0) is 16.0 Å². The van der Waals surface area contributed by atoms with E-state index in [1.54, 1.807) is 0 Å². The molecule has 0 fully saturated rings. The van der Waals surface area contributed by atoms with Crippen molar-refractivity contribution < 1.29 is 35.6 Å². The van der Waals surface area contributed by atoms with Gasteiger partial charge in [-0.1, -0.05) is 18.2 Å². The second-order valence-corrected chi connectivity index (χ2v) is 8.96. The largest absolute Gasteiger partial charge is 0.418 e. The van der Waals surface area contributed by atoms with Crippen molar-refractivity contribution in [1.82, 2.24) is 0 Å². The lowest BCUT2D eigenvalue weighted by Crippen LogP contribution is -2.18. The number of rotatable bonds is 5. The second-order valence-electron chi connectivity index (χ2n) is 6.95. The van der Waals surface area contributed by atoms with E-state index < -0.39 is 44.9 Å². The van der Waals surface area contributed by atoms with Crippen LogP contribution in [0.4, 0.5) is 28.9 Å². The van der Waals surface area contributed by atoms with Crippen LogP contribution in [0.2, 0.25) is 0 Å². The summed E-state index contributed by atoms with van der Waals surface area (Å²) in [7, 11) is -3.63. The Morgan fingerprint density at radius 2 is 1.55 bits per heavy atom. The Hall–Kier alpha value is -3.73. The molecule has 0 aliphatic carbocycles. The first-order chi connectivity index (χ1) is 15.4. The zero-order valence-electron chi connectivity index (χ0n) is 16.9. The quantitative estimate of drug-likeness (QED) is 0.516. The first-order valence-corrected chi connectivity index (χ1v) is 11.1. The first-order valence-electron chi connectivity index (χ1n) is 9.25. The summed E-state index contributed by atoms with van der Waals surface area (Å²) in [5, 5.41) is 4.30. The number of hydrogen-bond donors (Lipinski definition) is 2. The van der Waals surface area contributed by atoms with Crippen LogP contribution in [0, 0.1) is 5.82 Å². The maximum Gasteiger partial charge on any atom is 0.418 e. The van der Waals surface area contributed by atoms with Gasteiger partial charge in [0.15, 0.2) is 9.84 Å². The lowest BCUT2D eigenvalue weighted by Gasteiger charge is -2.16. The maximum absolute atomic E-state index is 13.8. The average molecular weight is 480 g/mol. The van der Waals surface area contributed by atoms with Crippen molar-refractivity contribution in [1.29, 1.82) is 0 Å². The van der Waals surface area contributed by atoms with Crippen LogP contribution >= 0.6 is 0 Å². The highest BCUT2D eigenvalue weighted by atomic mass is 32.2. The minimum atomic E-state index is -4.91. The highest BCUT2D eigenvalue weighted by Gasteiger charge is 2.34. The summed E-state index contributed by atoms with van der Waals surface area (Å²) in [4.78, 5) is 24.5. The SMILES string of the molecule is CS(=O)(=O)c1cccc(C(=O)Nc2ccc(NC(=O)c3ccccc3F)cc2C(F)(F)F)c1. The number of halogens is 4. The Balaban J connectivity index is 1.90. The molecule has 0 radical (unpaired) electrons. The van der Waals surface area contributed by atoms with Gasteiger partial charge in [0.05, 0.1) is 21.7 Å². The highest BCUT2D eigenvalue weighted by Crippen LogP contribution is 2.37. The molecule has 172 valence electrons. The fraction of sp³-hybridized carbons (Fsp3) is 0.0909. The number of sulfone groups is 1. The molecule has 3 aromatic rings. The second kappa shape index (κ2) is 9.02. The molecule has 0 heterocycles. The minimum Gasteiger partial charge on any atom is -0.322 e. The summed E-state index contributed by atoms with van der Waals surface area (Å²) in [5.41, 5.74) is -2.66. The van der Waals surface area contributed by atoms with Crippen LogP contribution in [-0.4, -0.2) is 26.5 Å². The van der Waals surface area contributed by atoms with E-state index in [1.807, 2.05) is 0 Å². The molecule has 11 heteroatoms. The summed E-state index contributed by atoms with van der Waals surface area (Å²) in [6.07, 6.45) is -3.98. The van der Waals surface area contributed by atoms with Crippen molar-refractivity contribution in [3.8, 4) is 0 Å². The molecule has 0 spiro atoms. The fourth-order valence-corrected chi connectivity index (χ4v) is 3.54. The Labute approximate surface area is 186 Å². The lowest BCUT2D eigenvalue weighted by molar-refractivity contribution is -0.136. The van der Waals surface area contributed by atoms with E-state index in [0.717, 1.165) is 30.5 Å². The van der Waals surface area contributed by atoms with Gasteiger partial charge in [-0.25, -0.2) is 12.8 Å². The van der Waals surface area contributed by atoms with Gasteiger partial charge >= 0.3 is 6.18 Å². The predicted molar refractivity (Wildman–Crippen MR) is 113 cm³/mol. The Morgan fingerprint density at radius 1 is 0.848 bits per heavy atom. The normalized spacial score (nSPS) is 11.7. The van der Waals surface area contributed by atoms with Gasteiger partial charge in [-0.3, -0.25) is 9.59 Å². The van der Waals surface area contributed by atoms with Crippen molar-refractivity contribution in [2.45, 2.75) is 11.1 Å². The molecule has 0 aliphatic rings. The van der Waals surface area contributed by atoms with Gasteiger partial charge in [-0.15, -0.1) is 0 Å². The number of hydrogen-bond acceptors (Lipinski definition) is 4. The molecule has 3 aromatic carbocycles. The van der Waals surface area contributed by atoms with Gasteiger partial charge in [-0.05, 0) is 48.5 Å². The zero-order chi connectivity index (χ0) is 24.4. The molecule has 2 N–H and O–H groups in total. The molecule has 3 rings (SSSR count). The van der Waals surface area contributed by atoms with Crippen molar-refractivity contribution in [2.24, 2.45) is 0 Å². The van der Waals surface area contributed by atoms with Crippen LogP contribution in [0.1, 0.15) is 26.3 Å². The van der Waals surface area contributed by atoms with Crippen LogP contribution < -0.4 is 10.6 Å². The van der Waals surface area contributed by atoms with Crippen molar-refractivity contribution in [3.63, 3.8) is 0 Å². The third kappa shape index (κ3) is 5.75. The van der Waals surface area contributed by atoms with Crippen LogP contribution in [0.3, 0.4) is 0 Å². The molecule has 0 atom stereocenters. The third-order valence-corrected chi connectivity index (χ3v) is 5.58. The monoisotopic (exact) mass is 480 g/mol. The van der Waals surface area contributed by atoms with Crippen molar-refractivity contribution in [2.75, 3.05) is 16.9 Å². The van der Waals surface area contributed by atoms with E-state index in [-0.39, 0.29) is 21.7 Å². The van der Waals surface area contributed by atoms with Crippen LogP contribution in [0.25, 0.3) is 0 Å². The Morgan fingerprint density at radius 3 is 2.18 bits per heavy atom. The summed E-state index contributed by atoms with van der Waals surface area (Å²) >= 11 is 0. The fourth-order valence-electron chi connectivity index (χ4n) is 2.87. The molecule has 33 heavy (non-hydrogen) atoms. The smallest absolute Gasteiger partial charge is 0.322 e. The standard InChI is InChI=1S/C22H16F4N2O4S/c1-33(31,32)15-6-4-5-13(11-15)20(29)28-19-10-9-14(12-17(19)22(24,25)26)27-21(30)16-7-2-3-8-18(16)23/h2-12H,1H3,(H,27,30)(H,28,29). The Bertz CT molecular complexity index is 1340. The topological polar surface area (TPSA) is 92.3 Å². The Kier molecular flexibility index (Phi) is 6.54. The molecule has 0 bridgehead atoms. The lowest BCUT2D eigenvalue weighted by atomic mass is 10.1. The minimum absolute atomic E-state index is 0.164. The average Bonchev–Trinajstić information content (AvgIpc) is 2.73. The number of carbonyl (C=O) groups is 2. The van der Waals surface area contributed by atoms with E-state index in [1.165, 1.54) is 36.4 Å². The van der Waals surface area contributed by atoms with Crippen molar-refractivity contribution >= 4 is 33.0 Å². The molecule has 0 unspecified atom stereocenters. The molecular formula is C22H16F4N2O4S. The number of carbonyl (C=O) groups excluding carboxylic acids is 2. The van der Waals surface area contributed by atoms with E-state index in [9.17, 15) is 35.6 Å². The highest BCUT2D eigenvalue weighted by molar-refractivity contribution is 7.90. The molecular weight excluding hydrogens is 464 g/mol. The summed E-state index contributed by atoms with van der Waals surface area (Å²) < 4.78 is 77.9. The van der Waals surface area contributed by atoms with Gasteiger partial charge in [0, 0.05) is 17.5 Å². The zero-order valence-corrected chi connectivity index (χ0v) is 17.7. The molecule has 0 aliphatic heterocycles. The van der Waals surface area contributed by atoms with Crippen molar-refractivity contribution in [3.05, 3.63) is 89.2 Å². The van der Waals surface area contributed by atoms with Gasteiger partial charge in [0.25, 0.3) is 11.8 Å². The molecule has 2 amide bonds. The first kappa shape index (κ1) is 23.9. The molecule has 0 saturated heterocycles. The third-order valence-electron chi connectivity index (χ3n) is 4.47. The number of amides is 2. The van der Waals surface area contributed by atoms with Gasteiger partial charge in [0.1, 0.15) is 5.82 Å². The molecule has 6 nitrogen and oxygen atoms in total. The van der Waals surface area contributed by atoms with Crippen LogP contribution in [0.5, 0.6) is 0 Å². The van der Waals surface area contributed by atoms with Crippen LogP contribution in [0.15, 0.2) is 71.6 Å². The summed E-state index contributed by atoms with van der Waals surface area (Å²) in [6.45, 7) is 0. The van der Waals surface area contributed by atoms with E-state index in [0.29, 0.717) is 6.07 Å². The van der Waals surface area contributed by atoms with Gasteiger partial charge < -0.3 is 10.6 Å². The number of alkyl halides is 3. The number of anilines is 2. The maximum atomic E-state index is 13.8. The summed E-state index contributed by atoms with van der Waals surface area (Å²) in [6, 6.07) is 12.4. The number of benzene rings is 3. The van der Waals surface area contributed by atoms with E-state index in [2.05, 4.69) is 10.6 Å². The molecule has 0 saturated carbocycles. The van der Waals surface area contributed by atoms with Gasteiger partial charge in [-0.2, -0.15) is 13.2 Å². The van der Waals surface area contributed by atoms with Gasteiger partial charge in [0.2, 0.25) is 0 Å². The summed E-state index contributed by atoms with van der Waals surface area (Å²) in [5.74, 6) is -2.75. The number of nitrogens with one attached hydrogen (secondary N) is 2. The van der Waals surface area contributed by atoms with E-state index in [4.69, 9.17) is 0 Å². The van der Waals surface area contributed by atoms with E-state index >= 15 is 0 Å².